The number of rotatable bonds is 6. The Bertz CT molecular complexity index is 1020. The minimum absolute atomic E-state index is 0.0886. The Morgan fingerprint density at radius 2 is 1.61 bits per heavy atom. The van der Waals surface area contributed by atoms with Crippen molar-refractivity contribution in [2.45, 2.75) is 52.1 Å². The van der Waals surface area contributed by atoms with Crippen molar-refractivity contribution in [1.82, 2.24) is 9.97 Å². The van der Waals surface area contributed by atoms with Crippen LogP contribution in [0.5, 0.6) is 0 Å². The summed E-state index contributed by atoms with van der Waals surface area (Å²) in [7, 11) is 0. The zero-order valence-electron chi connectivity index (χ0n) is 18.1. The molecule has 164 valence electrons. The summed E-state index contributed by atoms with van der Waals surface area (Å²) in [4.78, 5) is 8.00. The Morgan fingerprint density at radius 3 is 2.23 bits per heavy atom. The number of alkyl halides is 3. The summed E-state index contributed by atoms with van der Waals surface area (Å²) in [5, 5.41) is 5.82. The predicted octanol–water partition coefficient (Wildman–Crippen LogP) is 7.23. The summed E-state index contributed by atoms with van der Waals surface area (Å²) in [6, 6.07) is 15.0. The first-order valence-corrected chi connectivity index (χ1v) is 10.2. The Kier molecular flexibility index (Phi) is 6.53. The van der Waals surface area contributed by atoms with E-state index in [1.54, 1.807) is 6.07 Å². The molecule has 3 rings (SSSR count). The molecule has 0 radical (unpaired) electrons. The highest BCUT2D eigenvalue weighted by Gasteiger charge is 2.35. The molecule has 2 N–H and O–H groups in total. The molecule has 0 aliphatic heterocycles. The molecule has 0 amide bonds. The second-order valence-electron chi connectivity index (χ2n) is 8.48. The van der Waals surface area contributed by atoms with Gasteiger partial charge >= 0.3 is 6.18 Å². The molecule has 0 aliphatic rings. The van der Waals surface area contributed by atoms with E-state index in [4.69, 9.17) is 0 Å². The van der Waals surface area contributed by atoms with Crippen LogP contribution in [0.1, 0.15) is 50.8 Å². The predicted molar refractivity (Wildman–Crippen MR) is 119 cm³/mol. The quantitative estimate of drug-likeness (QED) is 0.435. The third-order valence-corrected chi connectivity index (χ3v) is 4.83. The second kappa shape index (κ2) is 8.96. The first-order chi connectivity index (χ1) is 14.6. The molecule has 0 atom stereocenters. The van der Waals surface area contributed by atoms with Gasteiger partial charge in [0.25, 0.3) is 0 Å². The molecule has 1 heterocycles. The highest BCUT2D eigenvalue weighted by Crippen LogP contribution is 2.36. The van der Waals surface area contributed by atoms with E-state index in [-0.39, 0.29) is 17.2 Å². The van der Waals surface area contributed by atoms with E-state index in [1.165, 1.54) is 5.56 Å². The Morgan fingerprint density at radius 1 is 0.903 bits per heavy atom. The minimum atomic E-state index is -4.58. The third kappa shape index (κ3) is 5.96. The number of anilines is 4. The smallest absolute Gasteiger partial charge is 0.340 e. The van der Waals surface area contributed by atoms with Crippen LogP contribution < -0.4 is 10.6 Å². The van der Waals surface area contributed by atoms with Gasteiger partial charge in [0.1, 0.15) is 11.4 Å². The van der Waals surface area contributed by atoms with Crippen molar-refractivity contribution in [2.75, 3.05) is 10.6 Å². The SMILES string of the molecule is CCCc1ccc(Nc2ncc(C(F)(F)F)c(Nc3cccc(C(C)(C)C)c3)n2)cc1. The van der Waals surface area contributed by atoms with Crippen LogP contribution in [-0.2, 0) is 18.0 Å². The van der Waals surface area contributed by atoms with Crippen LogP contribution in [0.25, 0.3) is 0 Å². The van der Waals surface area contributed by atoms with Gasteiger partial charge in [-0.2, -0.15) is 18.2 Å². The average molecular weight is 429 g/mol. The summed E-state index contributed by atoms with van der Waals surface area (Å²) in [5.74, 6) is -0.204. The molecular formula is C24H27F3N4. The highest BCUT2D eigenvalue weighted by molar-refractivity contribution is 5.63. The molecule has 2 aromatic carbocycles. The molecule has 3 aromatic rings. The molecule has 0 bridgehead atoms. The maximum Gasteiger partial charge on any atom is 0.421 e. The van der Waals surface area contributed by atoms with Crippen LogP contribution in [0.2, 0.25) is 0 Å². The van der Waals surface area contributed by atoms with Gasteiger partial charge in [0, 0.05) is 17.6 Å². The van der Waals surface area contributed by atoms with Gasteiger partial charge in [-0.3, -0.25) is 0 Å². The Balaban J connectivity index is 1.91. The summed E-state index contributed by atoms with van der Waals surface area (Å²) in [5.41, 5.74) is 2.39. The van der Waals surface area contributed by atoms with Gasteiger partial charge in [-0.05, 0) is 47.2 Å². The lowest BCUT2D eigenvalue weighted by Gasteiger charge is -2.20. The summed E-state index contributed by atoms with van der Waals surface area (Å²) in [6.45, 7) is 8.25. The molecule has 0 unspecified atom stereocenters. The van der Waals surface area contributed by atoms with Gasteiger partial charge in [-0.25, -0.2) is 4.98 Å². The molecule has 1 aromatic heterocycles. The van der Waals surface area contributed by atoms with Crippen LogP contribution in [-0.4, -0.2) is 9.97 Å². The lowest BCUT2D eigenvalue weighted by atomic mass is 9.87. The van der Waals surface area contributed by atoms with Crippen molar-refractivity contribution in [2.24, 2.45) is 0 Å². The minimum Gasteiger partial charge on any atom is -0.340 e. The van der Waals surface area contributed by atoms with Gasteiger partial charge < -0.3 is 10.6 Å². The molecule has 31 heavy (non-hydrogen) atoms. The van der Waals surface area contributed by atoms with Crippen molar-refractivity contribution in [3.63, 3.8) is 0 Å². The largest absolute Gasteiger partial charge is 0.421 e. The zero-order chi connectivity index (χ0) is 22.6. The van der Waals surface area contributed by atoms with Gasteiger partial charge in [0.2, 0.25) is 5.95 Å². The van der Waals surface area contributed by atoms with E-state index in [0.29, 0.717) is 11.4 Å². The number of halogens is 3. The van der Waals surface area contributed by atoms with Crippen molar-refractivity contribution in [1.29, 1.82) is 0 Å². The van der Waals surface area contributed by atoms with Crippen molar-refractivity contribution >= 4 is 23.1 Å². The Hall–Kier alpha value is -3.09. The highest BCUT2D eigenvalue weighted by atomic mass is 19.4. The Labute approximate surface area is 181 Å². The van der Waals surface area contributed by atoms with E-state index in [2.05, 4.69) is 27.5 Å². The van der Waals surface area contributed by atoms with E-state index in [0.717, 1.165) is 24.6 Å². The van der Waals surface area contributed by atoms with Crippen LogP contribution in [0.15, 0.2) is 54.7 Å². The van der Waals surface area contributed by atoms with Gasteiger partial charge in [-0.1, -0.05) is 58.4 Å². The van der Waals surface area contributed by atoms with Gasteiger partial charge in [0.05, 0.1) is 0 Å². The number of nitrogens with zero attached hydrogens (tertiary/aromatic N) is 2. The molecule has 0 fully saturated rings. The second-order valence-corrected chi connectivity index (χ2v) is 8.48. The number of hydrogen-bond acceptors (Lipinski definition) is 4. The van der Waals surface area contributed by atoms with E-state index >= 15 is 0 Å². The molecule has 0 saturated carbocycles. The number of aromatic nitrogens is 2. The maximum absolute atomic E-state index is 13.6. The van der Waals surface area contributed by atoms with Crippen molar-refractivity contribution < 1.29 is 13.2 Å². The lowest BCUT2D eigenvalue weighted by Crippen LogP contribution is -2.14. The van der Waals surface area contributed by atoms with E-state index in [1.807, 2.05) is 63.2 Å². The van der Waals surface area contributed by atoms with E-state index < -0.39 is 11.7 Å². The zero-order valence-corrected chi connectivity index (χ0v) is 18.1. The normalized spacial score (nSPS) is 12.0. The lowest BCUT2D eigenvalue weighted by molar-refractivity contribution is -0.137. The molecule has 4 nitrogen and oxygen atoms in total. The number of aryl methyl sites for hydroxylation is 1. The van der Waals surface area contributed by atoms with Crippen molar-refractivity contribution in [3.05, 3.63) is 71.4 Å². The van der Waals surface area contributed by atoms with Crippen LogP contribution in [0, 0.1) is 0 Å². The van der Waals surface area contributed by atoms with Crippen molar-refractivity contribution in [3.8, 4) is 0 Å². The molecule has 0 saturated heterocycles. The average Bonchev–Trinajstić information content (AvgIpc) is 2.68. The maximum atomic E-state index is 13.6. The van der Waals surface area contributed by atoms with Crippen LogP contribution in [0.3, 0.4) is 0 Å². The summed E-state index contributed by atoms with van der Waals surface area (Å²) >= 11 is 0. The van der Waals surface area contributed by atoms with Crippen LogP contribution in [0.4, 0.5) is 36.3 Å². The fraction of sp³-hybridized carbons (Fsp3) is 0.333. The summed E-state index contributed by atoms with van der Waals surface area (Å²) in [6.07, 6.45) is -1.76. The van der Waals surface area contributed by atoms with E-state index in [9.17, 15) is 13.2 Å². The number of hydrogen-bond donors (Lipinski definition) is 2. The number of nitrogens with one attached hydrogen (secondary N) is 2. The monoisotopic (exact) mass is 428 g/mol. The standard InChI is InChI=1S/C24H27F3N4/c1-5-7-16-10-12-18(13-11-16)30-22-28-15-20(24(25,26)27)21(31-22)29-19-9-6-8-17(14-19)23(2,3)4/h6,8-15H,5,7H2,1-4H3,(H2,28,29,30,31). The molecular weight excluding hydrogens is 401 g/mol. The fourth-order valence-electron chi connectivity index (χ4n) is 3.12. The summed E-state index contributed by atoms with van der Waals surface area (Å²) < 4.78 is 40.7. The molecule has 0 spiro atoms. The third-order valence-electron chi connectivity index (χ3n) is 4.83. The van der Waals surface area contributed by atoms with Crippen LogP contribution >= 0.6 is 0 Å². The first kappa shape index (κ1) is 22.6. The molecule has 0 aliphatic carbocycles. The topological polar surface area (TPSA) is 49.8 Å². The number of benzene rings is 2. The fourth-order valence-corrected chi connectivity index (χ4v) is 3.12. The van der Waals surface area contributed by atoms with Gasteiger partial charge in [0.15, 0.2) is 0 Å². The first-order valence-electron chi connectivity index (χ1n) is 10.2. The molecule has 7 heteroatoms. The van der Waals surface area contributed by atoms with Gasteiger partial charge in [-0.15, -0.1) is 0 Å².